The molecule has 88 valence electrons. The zero-order valence-electron chi connectivity index (χ0n) is 10.6. The van der Waals surface area contributed by atoms with E-state index < -0.39 is 0 Å². The summed E-state index contributed by atoms with van der Waals surface area (Å²) < 4.78 is 0. The Morgan fingerprint density at radius 2 is 2.25 bits per heavy atom. The van der Waals surface area contributed by atoms with E-state index in [2.05, 4.69) is 30.7 Å². The normalized spacial score (nSPS) is 14.1. The van der Waals surface area contributed by atoms with E-state index in [1.54, 1.807) is 0 Å². The molecule has 16 heavy (non-hydrogen) atoms. The summed E-state index contributed by atoms with van der Waals surface area (Å²) in [5, 5.41) is 8.69. The fraction of sp³-hybridized carbons (Fsp3) is 0.500. The standard InChI is InChI=1S/C14H22N2/c1-5-7-8-14(6-2)12-16(4)10-9-13(3)11-15/h5-8,13H,2,9-10,12H2,1,3-4H3/b7-5-,14-8+. The van der Waals surface area contributed by atoms with Crippen molar-refractivity contribution in [3.05, 3.63) is 36.5 Å². The highest BCUT2D eigenvalue weighted by Crippen LogP contribution is 2.04. The first-order valence-corrected chi connectivity index (χ1v) is 5.66. The van der Waals surface area contributed by atoms with Crippen LogP contribution in [0.3, 0.4) is 0 Å². The molecule has 0 radical (unpaired) electrons. The molecule has 0 amide bonds. The number of allylic oxidation sites excluding steroid dienone is 3. The number of hydrogen-bond donors (Lipinski definition) is 0. The lowest BCUT2D eigenvalue weighted by molar-refractivity contribution is 0.344. The molecule has 2 nitrogen and oxygen atoms in total. The van der Waals surface area contributed by atoms with Crippen LogP contribution in [0.1, 0.15) is 20.3 Å². The molecule has 0 fully saturated rings. The maximum atomic E-state index is 8.69. The molecule has 0 aliphatic heterocycles. The van der Waals surface area contributed by atoms with Gasteiger partial charge in [0.25, 0.3) is 0 Å². The molecule has 2 heteroatoms. The van der Waals surface area contributed by atoms with Gasteiger partial charge in [-0.3, -0.25) is 0 Å². The van der Waals surface area contributed by atoms with Crippen LogP contribution in [0.2, 0.25) is 0 Å². The van der Waals surface area contributed by atoms with Crippen molar-refractivity contribution in [1.29, 1.82) is 5.26 Å². The maximum absolute atomic E-state index is 8.69. The quantitative estimate of drug-likeness (QED) is 0.614. The Bertz CT molecular complexity index is 294. The molecule has 0 saturated heterocycles. The average molecular weight is 218 g/mol. The van der Waals surface area contributed by atoms with E-state index in [4.69, 9.17) is 5.26 Å². The average Bonchev–Trinajstić information content (AvgIpc) is 2.31. The summed E-state index contributed by atoms with van der Waals surface area (Å²) in [4.78, 5) is 2.21. The van der Waals surface area contributed by atoms with Gasteiger partial charge in [0.15, 0.2) is 0 Å². The smallest absolute Gasteiger partial charge is 0.0653 e. The maximum Gasteiger partial charge on any atom is 0.0653 e. The van der Waals surface area contributed by atoms with E-state index in [-0.39, 0.29) is 5.92 Å². The van der Waals surface area contributed by atoms with Gasteiger partial charge in [-0.1, -0.05) is 30.9 Å². The summed E-state index contributed by atoms with van der Waals surface area (Å²) >= 11 is 0. The summed E-state index contributed by atoms with van der Waals surface area (Å²) in [5.74, 6) is 0.133. The molecule has 0 aromatic rings. The van der Waals surface area contributed by atoms with Gasteiger partial charge in [0.05, 0.1) is 6.07 Å². The summed E-state index contributed by atoms with van der Waals surface area (Å²) in [7, 11) is 2.07. The minimum absolute atomic E-state index is 0.133. The van der Waals surface area contributed by atoms with Crippen molar-refractivity contribution >= 4 is 0 Å². The van der Waals surface area contributed by atoms with Gasteiger partial charge in [-0.25, -0.2) is 0 Å². The molecule has 0 spiro atoms. The molecule has 0 heterocycles. The van der Waals surface area contributed by atoms with Crippen LogP contribution >= 0.6 is 0 Å². The highest BCUT2D eigenvalue weighted by molar-refractivity contribution is 5.23. The number of rotatable bonds is 7. The second-order valence-electron chi connectivity index (χ2n) is 4.03. The first-order valence-electron chi connectivity index (χ1n) is 5.66. The van der Waals surface area contributed by atoms with Crippen molar-refractivity contribution in [2.45, 2.75) is 20.3 Å². The molecular formula is C14H22N2. The monoisotopic (exact) mass is 218 g/mol. The van der Waals surface area contributed by atoms with Gasteiger partial charge in [-0.05, 0) is 39.4 Å². The van der Waals surface area contributed by atoms with Crippen molar-refractivity contribution in [3.63, 3.8) is 0 Å². The van der Waals surface area contributed by atoms with Gasteiger partial charge < -0.3 is 4.90 Å². The van der Waals surface area contributed by atoms with Crippen LogP contribution in [-0.4, -0.2) is 25.0 Å². The summed E-state index contributed by atoms with van der Waals surface area (Å²) in [5.41, 5.74) is 1.20. The third-order valence-electron chi connectivity index (χ3n) is 2.38. The lowest BCUT2D eigenvalue weighted by Crippen LogP contribution is -2.23. The van der Waals surface area contributed by atoms with E-state index >= 15 is 0 Å². The fourth-order valence-corrected chi connectivity index (χ4v) is 1.27. The highest BCUT2D eigenvalue weighted by atomic mass is 15.1. The number of hydrogen-bond acceptors (Lipinski definition) is 2. The molecule has 1 unspecified atom stereocenters. The van der Waals surface area contributed by atoms with Gasteiger partial charge in [0, 0.05) is 12.5 Å². The number of likely N-dealkylation sites (N-methyl/N-ethyl adjacent to an activating group) is 1. The Morgan fingerprint density at radius 1 is 1.56 bits per heavy atom. The Balaban J connectivity index is 4.07. The first kappa shape index (κ1) is 14.7. The van der Waals surface area contributed by atoms with Crippen molar-refractivity contribution in [2.75, 3.05) is 20.1 Å². The molecule has 0 aromatic carbocycles. The van der Waals surface area contributed by atoms with Crippen molar-refractivity contribution < 1.29 is 0 Å². The molecule has 0 aromatic heterocycles. The summed E-state index contributed by atoms with van der Waals surface area (Å²) in [6.07, 6.45) is 8.88. The molecule has 0 rings (SSSR count). The SMILES string of the molecule is C=C/C(=C\C=C/C)CN(C)CCC(C)C#N. The summed E-state index contributed by atoms with van der Waals surface area (Å²) in [6, 6.07) is 2.25. The van der Waals surface area contributed by atoms with Crippen LogP contribution in [0.25, 0.3) is 0 Å². The van der Waals surface area contributed by atoms with Crippen LogP contribution in [0, 0.1) is 17.2 Å². The van der Waals surface area contributed by atoms with E-state index in [1.807, 2.05) is 32.1 Å². The second-order valence-corrected chi connectivity index (χ2v) is 4.03. The molecule has 0 aliphatic rings. The number of nitriles is 1. The molecule has 1 atom stereocenters. The van der Waals surface area contributed by atoms with Crippen molar-refractivity contribution in [1.82, 2.24) is 4.90 Å². The Hall–Kier alpha value is -1.33. The predicted octanol–water partition coefficient (Wildman–Crippen LogP) is 3.16. The molecule has 0 N–H and O–H groups in total. The largest absolute Gasteiger partial charge is 0.302 e. The van der Waals surface area contributed by atoms with Crippen LogP contribution in [-0.2, 0) is 0 Å². The molecule has 0 aliphatic carbocycles. The highest BCUT2D eigenvalue weighted by Gasteiger charge is 2.03. The van der Waals surface area contributed by atoms with E-state index in [0.717, 1.165) is 19.5 Å². The fourth-order valence-electron chi connectivity index (χ4n) is 1.27. The lowest BCUT2D eigenvalue weighted by atomic mass is 10.1. The second kappa shape index (κ2) is 8.94. The summed E-state index contributed by atoms with van der Waals surface area (Å²) in [6.45, 7) is 9.57. The molecule has 0 bridgehead atoms. The minimum atomic E-state index is 0.133. The van der Waals surface area contributed by atoms with Crippen LogP contribution in [0.15, 0.2) is 36.5 Å². The third kappa shape index (κ3) is 7.03. The molecular weight excluding hydrogens is 196 g/mol. The lowest BCUT2D eigenvalue weighted by Gasteiger charge is -2.17. The Morgan fingerprint density at radius 3 is 2.75 bits per heavy atom. The van der Waals surface area contributed by atoms with Crippen LogP contribution in [0.4, 0.5) is 0 Å². The van der Waals surface area contributed by atoms with Gasteiger partial charge in [0.1, 0.15) is 0 Å². The van der Waals surface area contributed by atoms with Crippen LogP contribution < -0.4 is 0 Å². The van der Waals surface area contributed by atoms with E-state index in [9.17, 15) is 0 Å². The Kier molecular flexibility index (Phi) is 8.19. The topological polar surface area (TPSA) is 27.0 Å². The zero-order chi connectivity index (χ0) is 12.4. The molecule has 0 saturated carbocycles. The Labute approximate surface area is 99.6 Å². The van der Waals surface area contributed by atoms with E-state index in [1.165, 1.54) is 5.57 Å². The van der Waals surface area contributed by atoms with Crippen LogP contribution in [0.5, 0.6) is 0 Å². The first-order chi connectivity index (χ1) is 7.63. The zero-order valence-corrected chi connectivity index (χ0v) is 10.6. The predicted molar refractivity (Wildman–Crippen MR) is 70.0 cm³/mol. The minimum Gasteiger partial charge on any atom is -0.302 e. The van der Waals surface area contributed by atoms with Crippen molar-refractivity contribution in [2.24, 2.45) is 5.92 Å². The van der Waals surface area contributed by atoms with Gasteiger partial charge in [-0.15, -0.1) is 0 Å². The third-order valence-corrected chi connectivity index (χ3v) is 2.38. The van der Waals surface area contributed by atoms with Gasteiger partial charge in [-0.2, -0.15) is 5.26 Å². The van der Waals surface area contributed by atoms with Crippen molar-refractivity contribution in [3.8, 4) is 6.07 Å². The number of nitrogens with zero attached hydrogens (tertiary/aromatic N) is 2. The van der Waals surface area contributed by atoms with Gasteiger partial charge in [0.2, 0.25) is 0 Å². The van der Waals surface area contributed by atoms with Gasteiger partial charge >= 0.3 is 0 Å². The van der Waals surface area contributed by atoms with E-state index in [0.29, 0.717) is 0 Å².